The number of nitrogens with zero attached hydrogens (tertiary/aromatic N) is 2. The molecule has 5 rings (SSSR count). The first-order chi connectivity index (χ1) is 20.5. The van der Waals surface area contributed by atoms with Crippen LogP contribution in [0.2, 0.25) is 0 Å². The molecular formula is C36H42F6N2. The van der Waals surface area contributed by atoms with Crippen LogP contribution in [0.25, 0.3) is 5.57 Å². The van der Waals surface area contributed by atoms with E-state index in [2.05, 4.69) is 61.9 Å². The lowest BCUT2D eigenvalue weighted by atomic mass is 9.72. The average molecular weight is 617 g/mol. The van der Waals surface area contributed by atoms with E-state index in [1.165, 1.54) is 22.3 Å². The number of allylic oxidation sites excluding steroid dienone is 3. The van der Waals surface area contributed by atoms with Crippen LogP contribution < -0.4 is 4.90 Å². The third kappa shape index (κ3) is 6.45. The number of aryl methyl sites for hydroxylation is 1. The molecule has 0 spiro atoms. The van der Waals surface area contributed by atoms with Crippen molar-refractivity contribution in [2.24, 2.45) is 5.41 Å². The Morgan fingerprint density at radius 3 is 2.14 bits per heavy atom. The Morgan fingerprint density at radius 1 is 0.909 bits per heavy atom. The third-order valence-corrected chi connectivity index (χ3v) is 9.85. The molecule has 3 aliphatic rings. The highest BCUT2D eigenvalue weighted by atomic mass is 19.4. The van der Waals surface area contributed by atoms with Crippen LogP contribution in [0.4, 0.5) is 32.0 Å². The van der Waals surface area contributed by atoms with Gasteiger partial charge in [0.05, 0.1) is 11.1 Å². The largest absolute Gasteiger partial charge is 0.416 e. The van der Waals surface area contributed by atoms with Crippen molar-refractivity contribution in [3.63, 3.8) is 0 Å². The summed E-state index contributed by atoms with van der Waals surface area (Å²) in [5.74, 6) is -0.540. The van der Waals surface area contributed by atoms with Crippen molar-refractivity contribution < 1.29 is 26.3 Å². The molecule has 2 aliphatic heterocycles. The number of hydrogen-bond acceptors (Lipinski definition) is 2. The normalized spacial score (nSPS) is 22.9. The highest BCUT2D eigenvalue weighted by molar-refractivity contribution is 5.76. The second-order valence-electron chi connectivity index (χ2n) is 13.5. The molecular weight excluding hydrogens is 574 g/mol. The average Bonchev–Trinajstić information content (AvgIpc) is 3.49. The second kappa shape index (κ2) is 11.6. The van der Waals surface area contributed by atoms with E-state index < -0.39 is 29.4 Å². The van der Waals surface area contributed by atoms with Crippen LogP contribution in [-0.2, 0) is 18.8 Å². The Balaban J connectivity index is 1.52. The van der Waals surface area contributed by atoms with Gasteiger partial charge in [-0.3, -0.25) is 0 Å². The molecule has 0 radical (unpaired) electrons. The fourth-order valence-electron chi connectivity index (χ4n) is 7.35. The molecule has 2 nitrogen and oxygen atoms in total. The lowest BCUT2D eigenvalue weighted by Gasteiger charge is -2.38. The predicted octanol–water partition coefficient (Wildman–Crippen LogP) is 10.8. The van der Waals surface area contributed by atoms with Crippen LogP contribution in [0, 0.1) is 5.41 Å². The minimum absolute atomic E-state index is 0.0493. The SMILES string of the molecule is C=C1CCCN1c1ccc(CC)c(C2=C(CN3C(=C)CC(c4cc(C(F)(F)F)cc(C(F)(F)F)c4)C3C)CC(C)(C)CC2)c1. The summed E-state index contributed by atoms with van der Waals surface area (Å²) in [7, 11) is 0. The first-order valence-electron chi connectivity index (χ1n) is 15.5. The van der Waals surface area contributed by atoms with Crippen LogP contribution >= 0.6 is 0 Å². The van der Waals surface area contributed by atoms with Crippen molar-refractivity contribution in [1.82, 2.24) is 4.90 Å². The van der Waals surface area contributed by atoms with Gasteiger partial charge in [0.25, 0.3) is 0 Å². The van der Waals surface area contributed by atoms with Crippen molar-refractivity contribution in [2.75, 3.05) is 18.0 Å². The Hall–Kier alpha value is -3.16. The highest BCUT2D eigenvalue weighted by Crippen LogP contribution is 2.48. The van der Waals surface area contributed by atoms with Crippen LogP contribution in [0.1, 0.15) is 100.0 Å². The van der Waals surface area contributed by atoms with Gasteiger partial charge in [-0.2, -0.15) is 26.3 Å². The zero-order valence-corrected chi connectivity index (χ0v) is 26.1. The van der Waals surface area contributed by atoms with Gasteiger partial charge in [-0.15, -0.1) is 0 Å². The van der Waals surface area contributed by atoms with Crippen molar-refractivity contribution >= 4 is 11.3 Å². The van der Waals surface area contributed by atoms with Crippen LogP contribution in [-0.4, -0.2) is 24.0 Å². The third-order valence-electron chi connectivity index (χ3n) is 9.85. The number of halogens is 6. The van der Waals surface area contributed by atoms with Gasteiger partial charge in [0, 0.05) is 42.1 Å². The summed E-state index contributed by atoms with van der Waals surface area (Å²) < 4.78 is 82.0. The molecule has 0 saturated carbocycles. The summed E-state index contributed by atoms with van der Waals surface area (Å²) in [5, 5.41) is 0. The molecule has 0 aromatic heterocycles. The van der Waals surface area contributed by atoms with Gasteiger partial charge in [-0.1, -0.05) is 40.0 Å². The van der Waals surface area contributed by atoms with E-state index in [4.69, 9.17) is 0 Å². The fraction of sp³-hybridized carbons (Fsp3) is 0.500. The van der Waals surface area contributed by atoms with Gasteiger partial charge in [0.2, 0.25) is 0 Å². The van der Waals surface area contributed by atoms with Crippen molar-refractivity contribution in [3.05, 3.63) is 94.3 Å². The van der Waals surface area contributed by atoms with Gasteiger partial charge in [-0.25, -0.2) is 0 Å². The first kappa shape index (κ1) is 32.2. The monoisotopic (exact) mass is 616 g/mol. The molecule has 2 saturated heterocycles. The molecule has 0 N–H and O–H groups in total. The Bertz CT molecular complexity index is 1450. The Morgan fingerprint density at radius 2 is 1.57 bits per heavy atom. The maximum atomic E-state index is 13.7. The fourth-order valence-corrected chi connectivity index (χ4v) is 7.35. The summed E-state index contributed by atoms with van der Waals surface area (Å²) in [6, 6.07) is 8.31. The molecule has 0 bridgehead atoms. The van der Waals surface area contributed by atoms with E-state index >= 15 is 0 Å². The quantitative estimate of drug-likeness (QED) is 0.298. The summed E-state index contributed by atoms with van der Waals surface area (Å²) >= 11 is 0. The van der Waals surface area contributed by atoms with Crippen molar-refractivity contribution in [1.29, 1.82) is 0 Å². The molecule has 44 heavy (non-hydrogen) atoms. The molecule has 8 heteroatoms. The topological polar surface area (TPSA) is 6.48 Å². The van der Waals surface area contributed by atoms with Gasteiger partial charge >= 0.3 is 12.4 Å². The van der Waals surface area contributed by atoms with Gasteiger partial charge in [0.15, 0.2) is 0 Å². The smallest absolute Gasteiger partial charge is 0.368 e. The summed E-state index contributed by atoms with van der Waals surface area (Å²) in [6.07, 6.45) is -3.72. The van der Waals surface area contributed by atoms with E-state index in [0.717, 1.165) is 74.3 Å². The molecule has 2 atom stereocenters. The Labute approximate surface area is 257 Å². The maximum Gasteiger partial charge on any atom is 0.416 e. The van der Waals surface area contributed by atoms with E-state index in [-0.39, 0.29) is 23.1 Å². The van der Waals surface area contributed by atoms with E-state index in [1.807, 2.05) is 6.92 Å². The van der Waals surface area contributed by atoms with Crippen molar-refractivity contribution in [3.8, 4) is 0 Å². The molecule has 1 aliphatic carbocycles. The number of rotatable bonds is 6. The lowest BCUT2D eigenvalue weighted by molar-refractivity contribution is -0.143. The lowest BCUT2D eigenvalue weighted by Crippen LogP contribution is -2.33. The van der Waals surface area contributed by atoms with Crippen molar-refractivity contribution in [2.45, 2.75) is 97.0 Å². The number of anilines is 1. The zero-order chi connectivity index (χ0) is 32.2. The minimum atomic E-state index is -4.88. The first-order valence-corrected chi connectivity index (χ1v) is 15.5. The minimum Gasteiger partial charge on any atom is -0.368 e. The van der Waals surface area contributed by atoms with E-state index in [0.29, 0.717) is 13.0 Å². The van der Waals surface area contributed by atoms with Gasteiger partial charge in [-0.05, 0) is 115 Å². The molecule has 2 aromatic carbocycles. The molecule has 2 heterocycles. The number of benzene rings is 2. The molecule has 2 unspecified atom stereocenters. The van der Waals surface area contributed by atoms with E-state index in [1.54, 1.807) is 0 Å². The van der Waals surface area contributed by atoms with Crippen LogP contribution in [0.15, 0.2) is 66.5 Å². The second-order valence-corrected chi connectivity index (χ2v) is 13.5. The summed E-state index contributed by atoms with van der Waals surface area (Å²) in [6.45, 7) is 18.5. The summed E-state index contributed by atoms with van der Waals surface area (Å²) in [5.41, 5.74) is 5.63. The van der Waals surface area contributed by atoms with Gasteiger partial charge < -0.3 is 9.80 Å². The maximum absolute atomic E-state index is 13.7. The zero-order valence-electron chi connectivity index (χ0n) is 26.1. The number of hydrogen-bond donors (Lipinski definition) is 0. The summed E-state index contributed by atoms with van der Waals surface area (Å²) in [4.78, 5) is 4.39. The van der Waals surface area contributed by atoms with Crippen LogP contribution in [0.5, 0.6) is 0 Å². The molecule has 2 fully saturated rings. The van der Waals surface area contributed by atoms with Crippen LogP contribution in [0.3, 0.4) is 0 Å². The number of alkyl halides is 6. The molecule has 0 amide bonds. The molecule has 2 aromatic rings. The highest BCUT2D eigenvalue weighted by Gasteiger charge is 2.41. The Kier molecular flexibility index (Phi) is 8.53. The number of likely N-dealkylation sites (tertiary alicyclic amines) is 1. The van der Waals surface area contributed by atoms with Gasteiger partial charge in [0.1, 0.15) is 0 Å². The van der Waals surface area contributed by atoms with E-state index in [9.17, 15) is 26.3 Å². The standard InChI is InChI=1S/C36H42F6N2/c1-7-25-10-11-30(43-14-8-9-22(43)2)19-33(25)31-12-13-34(5,6)20-27(31)21-44-23(3)15-32(24(44)4)26-16-28(35(37,38)39)18-29(17-26)36(40,41)42/h10-11,16-19,24,32H,2-3,7-9,12-15,20-21H2,1,4-6H3. The predicted molar refractivity (Wildman–Crippen MR) is 165 cm³/mol. The molecule has 238 valence electrons.